The molecule has 3 aromatic rings. The number of para-hydroxylation sites is 1. The van der Waals surface area contributed by atoms with E-state index in [-0.39, 0.29) is 0 Å². The Bertz CT molecular complexity index is 903. The quantitative estimate of drug-likeness (QED) is 0.627. The lowest BCUT2D eigenvalue weighted by atomic mass is 9.97. The molecule has 0 aliphatic carbocycles. The van der Waals surface area contributed by atoms with Crippen LogP contribution < -0.4 is 15.4 Å². The molecule has 2 N–H and O–H groups in total. The number of hydrogen-bond acceptors (Lipinski definition) is 7. The number of benzene rings is 1. The van der Waals surface area contributed by atoms with Gasteiger partial charge in [0.05, 0.1) is 11.8 Å². The summed E-state index contributed by atoms with van der Waals surface area (Å²) in [5, 5.41) is 7.77. The van der Waals surface area contributed by atoms with Gasteiger partial charge in [0.15, 0.2) is 5.13 Å². The monoisotopic (exact) mass is 397 g/mol. The molecule has 0 amide bonds. The van der Waals surface area contributed by atoms with Crippen molar-refractivity contribution in [2.75, 3.05) is 44.4 Å². The minimum atomic E-state index is 0.699. The highest BCUT2D eigenvalue weighted by Crippen LogP contribution is 2.32. The van der Waals surface area contributed by atoms with E-state index in [1.807, 2.05) is 18.3 Å². The van der Waals surface area contributed by atoms with Crippen molar-refractivity contribution in [3.05, 3.63) is 42.1 Å². The van der Waals surface area contributed by atoms with Crippen LogP contribution in [0.2, 0.25) is 0 Å². The smallest absolute Gasteiger partial charge is 0.184 e. The summed E-state index contributed by atoms with van der Waals surface area (Å²) in [7, 11) is 3.87. The summed E-state index contributed by atoms with van der Waals surface area (Å²) in [6, 6.07) is 10.2. The molecule has 0 unspecified atom stereocenters. The van der Waals surface area contributed by atoms with E-state index in [0.29, 0.717) is 6.54 Å². The van der Waals surface area contributed by atoms with Gasteiger partial charge in [-0.25, -0.2) is 9.97 Å². The van der Waals surface area contributed by atoms with Gasteiger partial charge >= 0.3 is 0 Å². The van der Waals surface area contributed by atoms with Gasteiger partial charge in [-0.05, 0) is 62.7 Å². The van der Waals surface area contributed by atoms with Crippen LogP contribution in [0.15, 0.2) is 36.5 Å². The molecule has 0 saturated carbocycles. The van der Waals surface area contributed by atoms with E-state index in [1.165, 1.54) is 25.9 Å². The van der Waals surface area contributed by atoms with Crippen molar-refractivity contribution in [3.8, 4) is 5.75 Å². The highest BCUT2D eigenvalue weighted by molar-refractivity contribution is 7.22. The standard InChI is InChI=1S/C21H27N5OS/c1-26-10-8-15(9-11-26)12-22-19-7-6-16(13-23-19)14-24-21-25-20-17(27-2)4-3-5-18(20)28-21/h3-7,13,15H,8-12,14H2,1-2H3,(H,22,23)(H,24,25). The summed E-state index contributed by atoms with van der Waals surface area (Å²) in [6.07, 6.45) is 4.45. The zero-order valence-electron chi connectivity index (χ0n) is 16.4. The third kappa shape index (κ3) is 4.54. The molecule has 2 aromatic heterocycles. The van der Waals surface area contributed by atoms with Gasteiger partial charge in [-0.1, -0.05) is 23.5 Å². The maximum Gasteiger partial charge on any atom is 0.184 e. The number of anilines is 2. The third-order valence-corrected chi connectivity index (χ3v) is 6.26. The number of methoxy groups -OCH3 is 1. The first-order valence-electron chi connectivity index (χ1n) is 9.76. The summed E-state index contributed by atoms with van der Waals surface area (Å²) >= 11 is 1.63. The second-order valence-corrected chi connectivity index (χ2v) is 8.39. The van der Waals surface area contributed by atoms with Crippen molar-refractivity contribution in [2.24, 2.45) is 5.92 Å². The molecule has 0 spiro atoms. The molecule has 1 saturated heterocycles. The Morgan fingerprint density at radius 3 is 2.79 bits per heavy atom. The van der Waals surface area contributed by atoms with Gasteiger partial charge in [0.1, 0.15) is 17.1 Å². The largest absolute Gasteiger partial charge is 0.494 e. The predicted molar refractivity (Wildman–Crippen MR) is 116 cm³/mol. The Kier molecular flexibility index (Phi) is 5.92. The summed E-state index contributed by atoms with van der Waals surface area (Å²) < 4.78 is 6.50. The maximum absolute atomic E-state index is 5.39. The van der Waals surface area contributed by atoms with Gasteiger partial charge < -0.3 is 20.3 Å². The van der Waals surface area contributed by atoms with Crippen molar-refractivity contribution in [1.82, 2.24) is 14.9 Å². The van der Waals surface area contributed by atoms with E-state index >= 15 is 0 Å². The fourth-order valence-electron chi connectivity index (χ4n) is 3.49. The fraction of sp³-hybridized carbons (Fsp3) is 0.429. The van der Waals surface area contributed by atoms with Gasteiger partial charge in [0.25, 0.3) is 0 Å². The minimum absolute atomic E-state index is 0.699. The normalized spacial score (nSPS) is 15.6. The Morgan fingerprint density at radius 1 is 1.18 bits per heavy atom. The lowest BCUT2D eigenvalue weighted by molar-refractivity contribution is 0.226. The Labute approximate surface area is 170 Å². The number of rotatable bonds is 7. The molecule has 0 atom stereocenters. The molecule has 1 fully saturated rings. The van der Waals surface area contributed by atoms with Crippen molar-refractivity contribution >= 4 is 32.5 Å². The van der Waals surface area contributed by atoms with Crippen LogP contribution in [0.4, 0.5) is 10.9 Å². The Balaban J connectivity index is 1.30. The number of aromatic nitrogens is 2. The van der Waals surface area contributed by atoms with E-state index < -0.39 is 0 Å². The molecule has 28 heavy (non-hydrogen) atoms. The van der Waals surface area contributed by atoms with Crippen LogP contribution >= 0.6 is 11.3 Å². The molecule has 1 aliphatic rings. The van der Waals surface area contributed by atoms with Gasteiger partial charge in [-0.3, -0.25) is 0 Å². The first-order valence-corrected chi connectivity index (χ1v) is 10.6. The SMILES string of the molecule is COc1cccc2sc(NCc3ccc(NCC4CCN(C)CC4)nc3)nc12. The second-order valence-electron chi connectivity index (χ2n) is 7.36. The third-order valence-electron chi connectivity index (χ3n) is 5.28. The molecule has 3 heterocycles. The van der Waals surface area contributed by atoms with Crippen LogP contribution in [0.25, 0.3) is 10.2 Å². The average Bonchev–Trinajstić information content (AvgIpc) is 3.16. The van der Waals surface area contributed by atoms with Crippen LogP contribution in [0.1, 0.15) is 18.4 Å². The van der Waals surface area contributed by atoms with Crippen molar-refractivity contribution in [1.29, 1.82) is 0 Å². The van der Waals surface area contributed by atoms with E-state index in [0.717, 1.165) is 44.9 Å². The number of pyridine rings is 1. The molecule has 4 rings (SSSR count). The second kappa shape index (κ2) is 8.75. The number of hydrogen-bond donors (Lipinski definition) is 2. The highest BCUT2D eigenvalue weighted by atomic mass is 32.1. The summed E-state index contributed by atoms with van der Waals surface area (Å²) in [5.41, 5.74) is 2.04. The van der Waals surface area contributed by atoms with Crippen molar-refractivity contribution < 1.29 is 4.74 Å². The molecular weight excluding hydrogens is 370 g/mol. The predicted octanol–water partition coefficient (Wildman–Crippen LogP) is 4.07. The van der Waals surface area contributed by atoms with Crippen LogP contribution in [0, 0.1) is 5.92 Å². The first-order chi connectivity index (χ1) is 13.7. The molecule has 0 radical (unpaired) electrons. The molecule has 0 bridgehead atoms. The maximum atomic E-state index is 5.39. The van der Waals surface area contributed by atoms with Crippen LogP contribution in [-0.2, 0) is 6.54 Å². The molecule has 1 aliphatic heterocycles. The van der Waals surface area contributed by atoms with Crippen molar-refractivity contribution in [3.63, 3.8) is 0 Å². The molecule has 7 heteroatoms. The van der Waals surface area contributed by atoms with E-state index in [1.54, 1.807) is 18.4 Å². The Morgan fingerprint density at radius 2 is 2.04 bits per heavy atom. The summed E-state index contributed by atoms with van der Waals surface area (Å²) in [5.74, 6) is 2.51. The average molecular weight is 398 g/mol. The summed E-state index contributed by atoms with van der Waals surface area (Å²) in [6.45, 7) is 4.10. The number of nitrogens with zero attached hydrogens (tertiary/aromatic N) is 3. The highest BCUT2D eigenvalue weighted by Gasteiger charge is 2.16. The van der Waals surface area contributed by atoms with Crippen LogP contribution in [0.3, 0.4) is 0 Å². The lowest BCUT2D eigenvalue weighted by Gasteiger charge is -2.29. The van der Waals surface area contributed by atoms with Gasteiger partial charge in [-0.2, -0.15) is 0 Å². The van der Waals surface area contributed by atoms with E-state index in [4.69, 9.17) is 4.74 Å². The molecule has 1 aromatic carbocycles. The molecule has 148 valence electrons. The van der Waals surface area contributed by atoms with E-state index in [9.17, 15) is 0 Å². The number of ether oxygens (including phenoxy) is 1. The van der Waals surface area contributed by atoms with E-state index in [2.05, 4.69) is 50.7 Å². The zero-order chi connectivity index (χ0) is 19.3. The molecular formula is C21H27N5OS. The number of thiazole rings is 1. The molecule has 6 nitrogen and oxygen atoms in total. The van der Waals surface area contributed by atoms with Crippen molar-refractivity contribution in [2.45, 2.75) is 19.4 Å². The van der Waals surface area contributed by atoms with Crippen LogP contribution in [-0.4, -0.2) is 48.7 Å². The number of likely N-dealkylation sites (tertiary alicyclic amines) is 1. The topological polar surface area (TPSA) is 62.3 Å². The fourth-order valence-corrected chi connectivity index (χ4v) is 4.37. The number of fused-ring (bicyclic) bond motifs is 1. The number of piperidine rings is 1. The van der Waals surface area contributed by atoms with Gasteiger partial charge in [0, 0.05) is 19.3 Å². The lowest BCUT2D eigenvalue weighted by Crippen LogP contribution is -2.33. The van der Waals surface area contributed by atoms with Crippen LogP contribution in [0.5, 0.6) is 5.75 Å². The number of nitrogens with one attached hydrogen (secondary N) is 2. The first kappa shape index (κ1) is 19.0. The van der Waals surface area contributed by atoms with Gasteiger partial charge in [0.2, 0.25) is 0 Å². The minimum Gasteiger partial charge on any atom is -0.494 e. The summed E-state index contributed by atoms with van der Waals surface area (Å²) in [4.78, 5) is 11.6. The zero-order valence-corrected chi connectivity index (χ0v) is 17.3. The Hall–Kier alpha value is -2.38. The van der Waals surface area contributed by atoms with Gasteiger partial charge in [-0.15, -0.1) is 0 Å².